The molecule has 3 heterocycles. The van der Waals surface area contributed by atoms with Gasteiger partial charge in [-0.2, -0.15) is 0 Å². The molecule has 0 saturated carbocycles. The minimum atomic E-state index is -0.0117. The number of hydrogen-bond acceptors (Lipinski definition) is 3. The smallest absolute Gasteiger partial charge is 0.266 e. The van der Waals surface area contributed by atoms with E-state index in [-0.39, 0.29) is 5.56 Å². The van der Waals surface area contributed by atoms with Crippen LogP contribution in [0.5, 0.6) is 0 Å². The van der Waals surface area contributed by atoms with E-state index in [9.17, 15) is 4.79 Å². The maximum Gasteiger partial charge on any atom is 0.266 e. The van der Waals surface area contributed by atoms with Gasteiger partial charge >= 0.3 is 0 Å². The van der Waals surface area contributed by atoms with Gasteiger partial charge in [0.2, 0.25) is 0 Å². The zero-order valence-corrected chi connectivity index (χ0v) is 9.50. The van der Waals surface area contributed by atoms with Crippen molar-refractivity contribution in [2.45, 2.75) is 6.42 Å². The summed E-state index contributed by atoms with van der Waals surface area (Å²) in [6.45, 7) is 0. The van der Waals surface area contributed by atoms with Crippen molar-refractivity contribution in [3.05, 3.63) is 64.5 Å². The molecule has 0 unspecified atom stereocenters. The van der Waals surface area contributed by atoms with Crippen molar-refractivity contribution in [1.29, 1.82) is 0 Å². The Hall–Kier alpha value is -2.49. The molecule has 1 aliphatic rings. The van der Waals surface area contributed by atoms with Crippen molar-refractivity contribution in [2.75, 3.05) is 0 Å². The highest BCUT2D eigenvalue weighted by Crippen LogP contribution is 2.25. The molecule has 18 heavy (non-hydrogen) atoms. The predicted octanol–water partition coefficient (Wildman–Crippen LogP) is 1.68. The number of rotatable bonds is 0. The third-order valence-corrected chi connectivity index (χ3v) is 3.32. The average Bonchev–Trinajstić information content (AvgIpc) is 2.77. The molecule has 86 valence electrons. The topological polar surface area (TPSA) is 47.8 Å². The predicted molar refractivity (Wildman–Crippen MR) is 67.9 cm³/mol. The van der Waals surface area contributed by atoms with Crippen molar-refractivity contribution in [1.82, 2.24) is 14.5 Å². The van der Waals surface area contributed by atoms with Crippen LogP contribution >= 0.6 is 0 Å². The van der Waals surface area contributed by atoms with Crippen LogP contribution in [-0.4, -0.2) is 14.5 Å². The molecular formula is C14H9N3O. The van der Waals surface area contributed by atoms with Crippen molar-refractivity contribution in [2.24, 2.45) is 0 Å². The first-order chi connectivity index (χ1) is 8.84. The fourth-order valence-electron chi connectivity index (χ4n) is 2.50. The summed E-state index contributed by atoms with van der Waals surface area (Å²) in [4.78, 5) is 21.0. The fraction of sp³-hybridized carbons (Fsp3) is 0.0714. The quantitative estimate of drug-likeness (QED) is 0.466. The Morgan fingerprint density at radius 3 is 3.00 bits per heavy atom. The second-order valence-electron chi connectivity index (χ2n) is 4.37. The van der Waals surface area contributed by atoms with Crippen molar-refractivity contribution in [3.63, 3.8) is 0 Å². The first-order valence-electron chi connectivity index (χ1n) is 5.78. The van der Waals surface area contributed by atoms with E-state index in [1.807, 2.05) is 24.3 Å². The van der Waals surface area contributed by atoms with E-state index >= 15 is 0 Å². The lowest BCUT2D eigenvalue weighted by Crippen LogP contribution is -2.20. The second-order valence-corrected chi connectivity index (χ2v) is 4.37. The van der Waals surface area contributed by atoms with Gasteiger partial charge in [-0.15, -0.1) is 0 Å². The van der Waals surface area contributed by atoms with Gasteiger partial charge in [0.05, 0.1) is 22.8 Å². The van der Waals surface area contributed by atoms with Gasteiger partial charge < -0.3 is 0 Å². The van der Waals surface area contributed by atoms with Gasteiger partial charge in [-0.1, -0.05) is 18.2 Å². The number of benzene rings is 1. The zero-order chi connectivity index (χ0) is 12.1. The molecule has 0 radical (unpaired) electrons. The molecule has 0 saturated heterocycles. The summed E-state index contributed by atoms with van der Waals surface area (Å²) in [6, 6.07) is 9.64. The third kappa shape index (κ3) is 1.12. The lowest BCUT2D eigenvalue weighted by molar-refractivity contribution is 0.913. The van der Waals surface area contributed by atoms with E-state index in [1.54, 1.807) is 23.0 Å². The summed E-state index contributed by atoms with van der Waals surface area (Å²) in [5, 5.41) is 0.616. The summed E-state index contributed by atoms with van der Waals surface area (Å²) >= 11 is 0. The number of aromatic nitrogens is 3. The Bertz CT molecular complexity index is 836. The molecule has 4 heteroatoms. The molecule has 0 fully saturated rings. The second kappa shape index (κ2) is 3.26. The molecule has 4 nitrogen and oxygen atoms in total. The fourth-order valence-corrected chi connectivity index (χ4v) is 2.50. The number of fused-ring (bicyclic) bond motifs is 4. The Balaban J connectivity index is 2.18. The first-order valence-corrected chi connectivity index (χ1v) is 5.78. The lowest BCUT2D eigenvalue weighted by atomic mass is 10.1. The summed E-state index contributed by atoms with van der Waals surface area (Å²) in [5.41, 5.74) is 2.75. The molecule has 0 amide bonds. The Morgan fingerprint density at radius 2 is 2.06 bits per heavy atom. The maximum atomic E-state index is 12.5. The maximum absolute atomic E-state index is 12.5. The molecule has 0 aliphatic carbocycles. The summed E-state index contributed by atoms with van der Waals surface area (Å²) in [7, 11) is 0. The molecule has 2 aromatic heterocycles. The zero-order valence-electron chi connectivity index (χ0n) is 9.50. The van der Waals surface area contributed by atoms with E-state index in [1.165, 1.54) is 0 Å². The van der Waals surface area contributed by atoms with Gasteiger partial charge in [-0.25, -0.2) is 4.98 Å². The van der Waals surface area contributed by atoms with E-state index < -0.39 is 0 Å². The summed E-state index contributed by atoms with van der Waals surface area (Å²) in [5.74, 6) is 0.793. The monoisotopic (exact) mass is 235 g/mol. The van der Waals surface area contributed by atoms with Crippen LogP contribution in [-0.2, 0) is 6.42 Å². The minimum Gasteiger partial charge on any atom is -0.268 e. The van der Waals surface area contributed by atoms with Gasteiger partial charge in [0.1, 0.15) is 5.82 Å². The molecule has 0 atom stereocenters. The van der Waals surface area contributed by atoms with Gasteiger partial charge in [-0.05, 0) is 17.7 Å². The van der Waals surface area contributed by atoms with E-state index in [0.717, 1.165) is 17.1 Å². The Kier molecular flexibility index (Phi) is 1.73. The number of pyridine rings is 1. The molecule has 0 spiro atoms. The van der Waals surface area contributed by atoms with Crippen LogP contribution in [0.2, 0.25) is 0 Å². The lowest BCUT2D eigenvalue weighted by Gasteiger charge is -2.05. The number of hydrogen-bond donors (Lipinski definition) is 0. The standard InChI is InChI=1S/C14H9N3O/c18-14-10-5-6-15-8-11(10)16-13-7-9-3-1-2-4-12(9)17(13)14/h1-6,8H,7H2. The van der Waals surface area contributed by atoms with Crippen LogP contribution in [0.25, 0.3) is 16.6 Å². The molecule has 4 rings (SSSR count). The highest BCUT2D eigenvalue weighted by molar-refractivity contribution is 5.77. The van der Waals surface area contributed by atoms with Crippen LogP contribution in [0.1, 0.15) is 11.4 Å². The van der Waals surface area contributed by atoms with Crippen molar-refractivity contribution < 1.29 is 0 Å². The first kappa shape index (κ1) is 9.53. The normalized spacial score (nSPS) is 12.4. The number of nitrogens with zero attached hydrogens (tertiary/aromatic N) is 3. The highest BCUT2D eigenvalue weighted by Gasteiger charge is 2.21. The van der Waals surface area contributed by atoms with Gasteiger partial charge in [0.15, 0.2) is 0 Å². The largest absolute Gasteiger partial charge is 0.268 e. The van der Waals surface area contributed by atoms with Gasteiger partial charge in [0, 0.05) is 12.6 Å². The molecule has 3 aromatic rings. The summed E-state index contributed by atoms with van der Waals surface area (Å²) < 4.78 is 1.71. The van der Waals surface area contributed by atoms with Crippen LogP contribution in [0.15, 0.2) is 47.5 Å². The van der Waals surface area contributed by atoms with Crippen LogP contribution < -0.4 is 5.56 Å². The van der Waals surface area contributed by atoms with E-state index in [0.29, 0.717) is 17.3 Å². The molecular weight excluding hydrogens is 226 g/mol. The van der Waals surface area contributed by atoms with Crippen molar-refractivity contribution in [3.8, 4) is 5.69 Å². The summed E-state index contributed by atoms with van der Waals surface area (Å²) in [6.07, 6.45) is 3.97. The molecule has 1 aliphatic heterocycles. The Morgan fingerprint density at radius 1 is 1.17 bits per heavy atom. The minimum absolute atomic E-state index is 0.0117. The van der Waals surface area contributed by atoms with Crippen LogP contribution in [0, 0.1) is 0 Å². The van der Waals surface area contributed by atoms with Gasteiger partial charge in [-0.3, -0.25) is 14.3 Å². The SMILES string of the molecule is O=c1c2ccncc2nc2n1-c1ccccc1C2. The highest BCUT2D eigenvalue weighted by atomic mass is 16.1. The molecule has 1 aromatic carbocycles. The van der Waals surface area contributed by atoms with E-state index in [4.69, 9.17) is 0 Å². The van der Waals surface area contributed by atoms with Gasteiger partial charge in [0.25, 0.3) is 5.56 Å². The van der Waals surface area contributed by atoms with Crippen molar-refractivity contribution >= 4 is 10.9 Å². The third-order valence-electron chi connectivity index (χ3n) is 3.32. The Labute approximate surface area is 103 Å². The van der Waals surface area contributed by atoms with Crippen LogP contribution in [0.4, 0.5) is 0 Å². The average molecular weight is 235 g/mol. The molecule has 0 N–H and O–H groups in total. The van der Waals surface area contributed by atoms with E-state index in [2.05, 4.69) is 9.97 Å². The van der Waals surface area contributed by atoms with Crippen LogP contribution in [0.3, 0.4) is 0 Å². The number of para-hydroxylation sites is 1. The molecule has 0 bridgehead atoms.